The first-order chi connectivity index (χ1) is 11.1. The number of nitriles is 1. The van der Waals surface area contributed by atoms with Crippen molar-refractivity contribution in [3.05, 3.63) is 59.9 Å². The molecule has 0 aliphatic carbocycles. The number of nitrogens with zero attached hydrogens (tertiary/aromatic N) is 3. The van der Waals surface area contributed by atoms with E-state index in [2.05, 4.69) is 4.98 Å². The number of fused-ring (bicyclic) bond motifs is 1. The van der Waals surface area contributed by atoms with Crippen LogP contribution in [0, 0.1) is 11.3 Å². The molecule has 2 aromatic heterocycles. The lowest BCUT2D eigenvalue weighted by Gasteiger charge is -2.06. The third kappa shape index (κ3) is 2.59. The average Bonchev–Trinajstić information content (AvgIpc) is 2.95. The molecule has 0 bridgehead atoms. The molecule has 23 heavy (non-hydrogen) atoms. The fourth-order valence-corrected chi connectivity index (χ4v) is 3.79. The van der Waals surface area contributed by atoms with Crippen molar-refractivity contribution in [3.63, 3.8) is 0 Å². The zero-order valence-corrected chi connectivity index (χ0v) is 13.0. The van der Waals surface area contributed by atoms with Gasteiger partial charge in [-0.2, -0.15) is 5.26 Å². The molecule has 6 nitrogen and oxygen atoms in total. The first-order valence-electron chi connectivity index (χ1n) is 6.98. The Bertz CT molecular complexity index is 999. The zero-order valence-electron chi connectivity index (χ0n) is 12.2. The number of hydrogen-bond acceptors (Lipinski definition) is 5. The van der Waals surface area contributed by atoms with Gasteiger partial charge in [-0.05, 0) is 54.9 Å². The molecule has 116 valence electrons. The molecule has 0 atom stereocenters. The molecule has 0 unspecified atom stereocenters. The SMILES string of the molecule is N#Cc1ccc(S(=O)(=O)n2cc(CCN)c3cccnc32)cc1. The van der Waals surface area contributed by atoms with E-state index in [9.17, 15) is 8.42 Å². The van der Waals surface area contributed by atoms with Gasteiger partial charge in [0, 0.05) is 17.8 Å². The molecule has 2 heterocycles. The van der Waals surface area contributed by atoms with Gasteiger partial charge in [0.05, 0.1) is 16.5 Å². The largest absolute Gasteiger partial charge is 0.330 e. The van der Waals surface area contributed by atoms with Crippen molar-refractivity contribution in [2.45, 2.75) is 11.3 Å². The summed E-state index contributed by atoms with van der Waals surface area (Å²) in [5, 5.41) is 9.60. The molecular weight excluding hydrogens is 312 g/mol. The summed E-state index contributed by atoms with van der Waals surface area (Å²) in [6, 6.07) is 11.4. The minimum absolute atomic E-state index is 0.110. The number of benzene rings is 1. The van der Waals surface area contributed by atoms with Gasteiger partial charge in [-0.1, -0.05) is 0 Å². The highest BCUT2D eigenvalue weighted by atomic mass is 32.2. The Balaban J connectivity index is 2.20. The van der Waals surface area contributed by atoms with Gasteiger partial charge < -0.3 is 5.73 Å². The lowest BCUT2D eigenvalue weighted by molar-refractivity contribution is 0.588. The van der Waals surface area contributed by atoms with Crippen LogP contribution in [-0.2, 0) is 16.4 Å². The predicted molar refractivity (Wildman–Crippen MR) is 86.2 cm³/mol. The van der Waals surface area contributed by atoms with Gasteiger partial charge in [0.2, 0.25) is 0 Å². The Morgan fingerprint density at radius 2 is 1.96 bits per heavy atom. The molecule has 0 aliphatic heterocycles. The van der Waals surface area contributed by atoms with Crippen molar-refractivity contribution in [1.29, 1.82) is 5.26 Å². The van der Waals surface area contributed by atoms with Crippen molar-refractivity contribution in [3.8, 4) is 6.07 Å². The van der Waals surface area contributed by atoms with Gasteiger partial charge in [-0.15, -0.1) is 0 Å². The first kappa shape index (κ1) is 15.2. The van der Waals surface area contributed by atoms with Crippen LogP contribution in [-0.4, -0.2) is 23.9 Å². The number of pyridine rings is 1. The van der Waals surface area contributed by atoms with Crippen molar-refractivity contribution in [2.75, 3.05) is 6.54 Å². The van der Waals surface area contributed by atoms with Gasteiger partial charge in [-0.25, -0.2) is 17.4 Å². The summed E-state index contributed by atoms with van der Waals surface area (Å²) in [4.78, 5) is 4.31. The van der Waals surface area contributed by atoms with E-state index in [1.807, 2.05) is 12.1 Å². The topological polar surface area (TPSA) is 102 Å². The van der Waals surface area contributed by atoms with E-state index in [0.717, 1.165) is 10.9 Å². The molecule has 0 saturated carbocycles. The lowest BCUT2D eigenvalue weighted by atomic mass is 10.2. The Morgan fingerprint density at radius 3 is 2.61 bits per heavy atom. The summed E-state index contributed by atoms with van der Waals surface area (Å²) >= 11 is 0. The second-order valence-electron chi connectivity index (χ2n) is 5.00. The van der Waals surface area contributed by atoms with Gasteiger partial charge >= 0.3 is 0 Å². The van der Waals surface area contributed by atoms with E-state index in [1.54, 1.807) is 18.5 Å². The third-order valence-electron chi connectivity index (χ3n) is 3.57. The van der Waals surface area contributed by atoms with E-state index in [1.165, 1.54) is 28.2 Å². The fraction of sp³-hybridized carbons (Fsp3) is 0.125. The van der Waals surface area contributed by atoms with Crippen molar-refractivity contribution in [2.24, 2.45) is 5.73 Å². The van der Waals surface area contributed by atoms with Crippen molar-refractivity contribution < 1.29 is 8.42 Å². The molecule has 0 fully saturated rings. The quantitative estimate of drug-likeness (QED) is 0.785. The normalized spacial score (nSPS) is 11.5. The summed E-state index contributed by atoms with van der Waals surface area (Å²) in [6.07, 6.45) is 3.69. The predicted octanol–water partition coefficient (Wildman–Crippen LogP) is 1.65. The van der Waals surface area contributed by atoms with Crippen LogP contribution in [0.15, 0.2) is 53.7 Å². The van der Waals surface area contributed by atoms with Crippen LogP contribution in [0.1, 0.15) is 11.1 Å². The number of nitrogens with two attached hydrogens (primary N) is 1. The highest BCUT2D eigenvalue weighted by molar-refractivity contribution is 7.90. The van der Waals surface area contributed by atoms with Crippen LogP contribution in [0.5, 0.6) is 0 Å². The molecule has 3 rings (SSSR count). The zero-order chi connectivity index (χ0) is 16.4. The average molecular weight is 326 g/mol. The lowest BCUT2D eigenvalue weighted by Crippen LogP contribution is -2.12. The van der Waals surface area contributed by atoms with Crippen molar-refractivity contribution >= 4 is 21.1 Å². The molecule has 0 aliphatic rings. The molecule has 2 N–H and O–H groups in total. The number of rotatable bonds is 4. The molecule has 0 spiro atoms. The summed E-state index contributed by atoms with van der Waals surface area (Å²) in [7, 11) is -3.78. The van der Waals surface area contributed by atoms with E-state index >= 15 is 0 Å². The van der Waals surface area contributed by atoms with Gasteiger partial charge in [-0.3, -0.25) is 0 Å². The summed E-state index contributed by atoms with van der Waals surface area (Å²) in [5.41, 5.74) is 7.22. The maximum Gasteiger partial charge on any atom is 0.269 e. The van der Waals surface area contributed by atoms with Crippen molar-refractivity contribution in [1.82, 2.24) is 8.96 Å². The van der Waals surface area contributed by atoms with Crippen LogP contribution in [0.25, 0.3) is 11.0 Å². The highest BCUT2D eigenvalue weighted by Crippen LogP contribution is 2.24. The van der Waals surface area contributed by atoms with E-state index in [-0.39, 0.29) is 4.90 Å². The minimum atomic E-state index is -3.78. The fourth-order valence-electron chi connectivity index (χ4n) is 2.45. The molecular formula is C16H14N4O2S. The smallest absolute Gasteiger partial charge is 0.269 e. The maximum absolute atomic E-state index is 12.9. The molecule has 3 aromatic rings. The maximum atomic E-state index is 12.9. The first-order valence-corrected chi connectivity index (χ1v) is 8.42. The van der Waals surface area contributed by atoms with E-state index < -0.39 is 10.0 Å². The molecule has 0 radical (unpaired) electrons. The second kappa shape index (κ2) is 5.83. The summed E-state index contributed by atoms with van der Waals surface area (Å²) in [5.74, 6) is 0. The van der Waals surface area contributed by atoms with Crippen LogP contribution < -0.4 is 5.73 Å². The van der Waals surface area contributed by atoms with E-state index in [4.69, 9.17) is 11.0 Å². The van der Waals surface area contributed by atoms with Crippen LogP contribution >= 0.6 is 0 Å². The Labute approximate surface area is 133 Å². The highest BCUT2D eigenvalue weighted by Gasteiger charge is 2.21. The number of aromatic nitrogens is 2. The van der Waals surface area contributed by atoms with Crippen LogP contribution in [0.2, 0.25) is 0 Å². The van der Waals surface area contributed by atoms with Gasteiger partial charge in [0.15, 0.2) is 5.65 Å². The Morgan fingerprint density at radius 1 is 1.22 bits per heavy atom. The summed E-state index contributed by atoms with van der Waals surface area (Å²) in [6.45, 7) is 0.422. The molecule has 0 amide bonds. The van der Waals surface area contributed by atoms with E-state index in [0.29, 0.717) is 24.2 Å². The third-order valence-corrected chi connectivity index (χ3v) is 5.23. The molecule has 7 heteroatoms. The number of hydrogen-bond donors (Lipinski definition) is 1. The monoisotopic (exact) mass is 326 g/mol. The Hall–Kier alpha value is -2.69. The Kier molecular flexibility index (Phi) is 3.86. The van der Waals surface area contributed by atoms with Gasteiger partial charge in [0.1, 0.15) is 0 Å². The van der Waals surface area contributed by atoms with Gasteiger partial charge in [0.25, 0.3) is 10.0 Å². The second-order valence-corrected chi connectivity index (χ2v) is 6.82. The van der Waals surface area contributed by atoms with Crippen LogP contribution in [0.4, 0.5) is 0 Å². The van der Waals surface area contributed by atoms with Crippen LogP contribution in [0.3, 0.4) is 0 Å². The minimum Gasteiger partial charge on any atom is -0.330 e. The summed E-state index contributed by atoms with van der Waals surface area (Å²) < 4.78 is 26.9. The molecule has 1 aromatic carbocycles. The molecule has 0 saturated heterocycles. The standard InChI is InChI=1S/C16H14N4O2S/c17-8-7-13-11-20(16-15(13)2-1-9-19-16)23(21,22)14-5-3-12(10-18)4-6-14/h1-6,9,11H,7-8,17H2.